The minimum Gasteiger partial charge on any atom is -0.368 e. The standard InChI is InChI=1S/C19H19N9S/c1-12-6-5-8-14(10-12)28-19(25-26-27-28)29-11-16-22-17(20)24-18(23-16)21-15-9-4-3-7-13(15)2/h3-10H,11H2,1-2H3,(H3,20,21,22,23,24). The minimum absolute atomic E-state index is 0.157. The van der Waals surface area contributed by atoms with Crippen molar-refractivity contribution in [2.45, 2.75) is 24.8 Å². The predicted octanol–water partition coefficient (Wildman–Crippen LogP) is 3.08. The zero-order chi connectivity index (χ0) is 20.2. The van der Waals surface area contributed by atoms with Gasteiger partial charge in [-0.05, 0) is 53.6 Å². The van der Waals surface area contributed by atoms with Gasteiger partial charge < -0.3 is 11.1 Å². The summed E-state index contributed by atoms with van der Waals surface area (Å²) in [5, 5.41) is 15.8. The number of thioether (sulfide) groups is 1. The van der Waals surface area contributed by atoms with Crippen LogP contribution in [0.5, 0.6) is 0 Å². The molecule has 0 atom stereocenters. The number of benzene rings is 2. The monoisotopic (exact) mass is 405 g/mol. The van der Waals surface area contributed by atoms with Crippen LogP contribution in [-0.2, 0) is 5.75 Å². The Balaban J connectivity index is 1.52. The van der Waals surface area contributed by atoms with Gasteiger partial charge in [-0.2, -0.15) is 19.6 Å². The van der Waals surface area contributed by atoms with Crippen LogP contribution in [0.2, 0.25) is 0 Å². The molecule has 0 radical (unpaired) electrons. The van der Waals surface area contributed by atoms with Crippen molar-refractivity contribution in [3.63, 3.8) is 0 Å². The predicted molar refractivity (Wildman–Crippen MR) is 112 cm³/mol. The van der Waals surface area contributed by atoms with Crippen LogP contribution >= 0.6 is 11.8 Å². The highest BCUT2D eigenvalue weighted by atomic mass is 32.2. The topological polar surface area (TPSA) is 120 Å². The number of anilines is 3. The molecule has 4 rings (SSSR count). The molecule has 0 amide bonds. The lowest BCUT2D eigenvalue weighted by Crippen LogP contribution is -2.07. The molecule has 0 aliphatic rings. The summed E-state index contributed by atoms with van der Waals surface area (Å²) >= 11 is 1.43. The number of nitrogens with zero attached hydrogens (tertiary/aromatic N) is 7. The van der Waals surface area contributed by atoms with Gasteiger partial charge >= 0.3 is 0 Å². The number of nitrogens with one attached hydrogen (secondary N) is 1. The summed E-state index contributed by atoms with van der Waals surface area (Å²) in [5.74, 6) is 1.55. The van der Waals surface area contributed by atoms with Gasteiger partial charge in [-0.15, -0.1) is 5.10 Å². The van der Waals surface area contributed by atoms with E-state index in [1.54, 1.807) is 4.68 Å². The number of nitrogen functional groups attached to an aromatic ring is 1. The molecule has 0 unspecified atom stereocenters. The van der Waals surface area contributed by atoms with E-state index in [-0.39, 0.29) is 5.95 Å². The van der Waals surface area contributed by atoms with Crippen molar-refractivity contribution in [2.75, 3.05) is 11.1 Å². The molecule has 10 heteroatoms. The van der Waals surface area contributed by atoms with E-state index < -0.39 is 0 Å². The maximum Gasteiger partial charge on any atom is 0.232 e. The van der Waals surface area contributed by atoms with E-state index in [9.17, 15) is 0 Å². The van der Waals surface area contributed by atoms with Gasteiger partial charge in [-0.25, -0.2) is 0 Å². The Bertz CT molecular complexity index is 1140. The molecule has 0 saturated carbocycles. The van der Waals surface area contributed by atoms with Crippen molar-refractivity contribution in [2.24, 2.45) is 0 Å². The number of aryl methyl sites for hydroxylation is 2. The first-order valence-corrected chi connectivity index (χ1v) is 9.88. The van der Waals surface area contributed by atoms with Crippen LogP contribution in [0.25, 0.3) is 5.69 Å². The van der Waals surface area contributed by atoms with Crippen LogP contribution in [0, 0.1) is 13.8 Å². The highest BCUT2D eigenvalue weighted by molar-refractivity contribution is 7.98. The lowest BCUT2D eigenvalue weighted by Gasteiger charge is -2.09. The molecule has 2 aromatic carbocycles. The molecular formula is C19H19N9S. The molecule has 0 bridgehead atoms. The molecule has 0 fully saturated rings. The van der Waals surface area contributed by atoms with Crippen molar-refractivity contribution in [1.82, 2.24) is 35.2 Å². The van der Waals surface area contributed by atoms with E-state index in [0.717, 1.165) is 22.5 Å². The van der Waals surface area contributed by atoms with Crippen LogP contribution < -0.4 is 11.1 Å². The minimum atomic E-state index is 0.157. The molecule has 2 heterocycles. The second-order valence-corrected chi connectivity index (χ2v) is 7.32. The van der Waals surface area contributed by atoms with Gasteiger partial charge in [0.05, 0.1) is 11.4 Å². The van der Waals surface area contributed by atoms with Crippen molar-refractivity contribution in [1.29, 1.82) is 0 Å². The summed E-state index contributed by atoms with van der Waals surface area (Å²) in [6, 6.07) is 15.9. The average molecular weight is 405 g/mol. The molecule has 0 saturated heterocycles. The van der Waals surface area contributed by atoms with Gasteiger partial charge in [0.15, 0.2) is 0 Å². The maximum atomic E-state index is 5.88. The van der Waals surface area contributed by atoms with Gasteiger partial charge in [-0.3, -0.25) is 0 Å². The van der Waals surface area contributed by atoms with Gasteiger partial charge in [0.2, 0.25) is 17.1 Å². The average Bonchev–Trinajstić information content (AvgIpc) is 3.16. The molecule has 9 nitrogen and oxygen atoms in total. The molecule has 0 aliphatic carbocycles. The summed E-state index contributed by atoms with van der Waals surface area (Å²) in [6.45, 7) is 4.03. The lowest BCUT2D eigenvalue weighted by molar-refractivity contribution is 0.755. The number of hydrogen-bond acceptors (Lipinski definition) is 9. The smallest absolute Gasteiger partial charge is 0.232 e. The zero-order valence-corrected chi connectivity index (χ0v) is 16.8. The second kappa shape index (κ2) is 8.23. The Hall–Kier alpha value is -3.53. The second-order valence-electron chi connectivity index (χ2n) is 6.37. The van der Waals surface area contributed by atoms with Crippen LogP contribution in [-0.4, -0.2) is 35.2 Å². The molecule has 3 N–H and O–H groups in total. The number of tetrazole rings is 1. The fourth-order valence-electron chi connectivity index (χ4n) is 2.71. The van der Waals surface area contributed by atoms with Crippen LogP contribution in [0.4, 0.5) is 17.6 Å². The highest BCUT2D eigenvalue weighted by Gasteiger charge is 2.12. The Morgan fingerprint density at radius 2 is 1.90 bits per heavy atom. The first-order valence-electron chi connectivity index (χ1n) is 8.90. The quantitative estimate of drug-likeness (QED) is 0.466. The molecule has 2 aromatic heterocycles. The molecule has 0 aliphatic heterocycles. The third-order valence-electron chi connectivity index (χ3n) is 4.11. The van der Waals surface area contributed by atoms with Gasteiger partial charge in [0.1, 0.15) is 5.82 Å². The maximum absolute atomic E-state index is 5.88. The number of nitrogens with two attached hydrogens (primary N) is 1. The third-order valence-corrected chi connectivity index (χ3v) is 5.02. The van der Waals surface area contributed by atoms with Crippen LogP contribution in [0.15, 0.2) is 53.7 Å². The molecule has 4 aromatic rings. The van der Waals surface area contributed by atoms with E-state index in [4.69, 9.17) is 5.73 Å². The first kappa shape index (κ1) is 18.8. The normalized spacial score (nSPS) is 10.8. The van der Waals surface area contributed by atoms with Crippen molar-refractivity contribution in [3.05, 3.63) is 65.5 Å². The molecular weight excluding hydrogens is 386 g/mol. The largest absolute Gasteiger partial charge is 0.368 e. The van der Waals surface area contributed by atoms with Gasteiger partial charge in [-0.1, -0.05) is 42.1 Å². The van der Waals surface area contributed by atoms with E-state index in [2.05, 4.69) is 35.8 Å². The Morgan fingerprint density at radius 3 is 2.72 bits per heavy atom. The molecule has 146 valence electrons. The van der Waals surface area contributed by atoms with Gasteiger partial charge in [0, 0.05) is 5.69 Å². The SMILES string of the molecule is Cc1cccc(-n2nnnc2SCc2nc(N)nc(Nc3ccccc3C)n2)c1. The molecule has 0 spiro atoms. The van der Waals surface area contributed by atoms with Crippen LogP contribution in [0.3, 0.4) is 0 Å². The summed E-state index contributed by atoms with van der Waals surface area (Å²) in [4.78, 5) is 12.9. The van der Waals surface area contributed by atoms with E-state index >= 15 is 0 Å². The lowest BCUT2D eigenvalue weighted by atomic mass is 10.2. The highest BCUT2D eigenvalue weighted by Crippen LogP contribution is 2.23. The number of para-hydroxylation sites is 1. The Labute approximate surface area is 171 Å². The van der Waals surface area contributed by atoms with Gasteiger partial charge in [0.25, 0.3) is 0 Å². The van der Waals surface area contributed by atoms with Crippen molar-refractivity contribution < 1.29 is 0 Å². The van der Waals surface area contributed by atoms with E-state index in [1.807, 2.05) is 62.4 Å². The number of aromatic nitrogens is 7. The summed E-state index contributed by atoms with van der Waals surface area (Å²) in [7, 11) is 0. The zero-order valence-electron chi connectivity index (χ0n) is 15.9. The number of rotatable bonds is 6. The first-order chi connectivity index (χ1) is 14.1. The summed E-state index contributed by atoms with van der Waals surface area (Å²) < 4.78 is 1.69. The summed E-state index contributed by atoms with van der Waals surface area (Å²) in [5.41, 5.74) is 9.91. The van der Waals surface area contributed by atoms with Crippen LogP contribution in [0.1, 0.15) is 17.0 Å². The summed E-state index contributed by atoms with van der Waals surface area (Å²) in [6.07, 6.45) is 0. The fourth-order valence-corrected chi connectivity index (χ4v) is 3.46. The Morgan fingerprint density at radius 1 is 1.03 bits per heavy atom. The third kappa shape index (κ3) is 4.49. The fraction of sp³-hybridized carbons (Fsp3) is 0.158. The van der Waals surface area contributed by atoms with Crippen molar-refractivity contribution in [3.8, 4) is 5.69 Å². The Kier molecular flexibility index (Phi) is 5.34. The molecule has 29 heavy (non-hydrogen) atoms. The number of hydrogen-bond donors (Lipinski definition) is 2. The van der Waals surface area contributed by atoms with Crippen molar-refractivity contribution >= 4 is 29.3 Å². The van der Waals surface area contributed by atoms with E-state index in [0.29, 0.717) is 22.7 Å². The van der Waals surface area contributed by atoms with E-state index in [1.165, 1.54) is 11.8 Å².